The zero-order valence-electron chi connectivity index (χ0n) is 9.03. The van der Waals surface area contributed by atoms with Gasteiger partial charge >= 0.3 is 6.01 Å². The summed E-state index contributed by atoms with van der Waals surface area (Å²) < 4.78 is 4.83. The van der Waals surface area contributed by atoms with Crippen LogP contribution in [0.4, 0.5) is 0 Å². The van der Waals surface area contributed by atoms with Crippen LogP contribution in [0.15, 0.2) is 12.4 Å². The molecule has 3 nitrogen and oxygen atoms in total. The molecule has 74 valence electrons. The van der Waals surface area contributed by atoms with Crippen LogP contribution in [0, 0.1) is 0 Å². The van der Waals surface area contributed by atoms with E-state index in [2.05, 4.69) is 23.8 Å². The first-order valence-electron chi connectivity index (χ1n) is 4.60. The van der Waals surface area contributed by atoms with Gasteiger partial charge in [0.2, 0.25) is 0 Å². The summed E-state index contributed by atoms with van der Waals surface area (Å²) in [6.07, 6.45) is 3.58. The summed E-state index contributed by atoms with van der Waals surface area (Å²) in [5, 5.41) is 0. The summed E-state index contributed by atoms with van der Waals surface area (Å²) in [5.41, 5.74) is 1.13. The fraction of sp³-hybridized carbons (Fsp3) is 0.600. The summed E-state index contributed by atoms with van der Waals surface area (Å²) in [6.45, 7) is 8.20. The summed E-state index contributed by atoms with van der Waals surface area (Å²) in [6, 6.07) is 0.425. The summed E-state index contributed by atoms with van der Waals surface area (Å²) in [7, 11) is 1.56. The first-order chi connectivity index (χ1) is 6.24. The van der Waals surface area contributed by atoms with Crippen molar-refractivity contribution < 1.29 is 4.74 Å². The van der Waals surface area contributed by atoms with Crippen LogP contribution in [0.3, 0.4) is 0 Å². The average molecular weight is 182 g/mol. The third kappa shape index (κ3) is 3.87. The lowest BCUT2D eigenvalue weighted by Gasteiger charge is -2.03. The lowest BCUT2D eigenvalue weighted by molar-refractivity contribution is 0.379. The Bertz CT molecular complexity index is 219. The molecular formula is C10H18N2O. The second-order valence-corrected chi connectivity index (χ2v) is 2.66. The maximum Gasteiger partial charge on any atom is 0.316 e. The minimum absolute atomic E-state index is 0.425. The molecule has 0 fully saturated rings. The van der Waals surface area contributed by atoms with Crippen LogP contribution in [-0.4, -0.2) is 17.1 Å². The highest BCUT2D eigenvalue weighted by atomic mass is 16.5. The van der Waals surface area contributed by atoms with E-state index in [1.807, 2.05) is 13.8 Å². The zero-order valence-corrected chi connectivity index (χ0v) is 9.03. The second-order valence-electron chi connectivity index (χ2n) is 2.66. The maximum absolute atomic E-state index is 4.83. The van der Waals surface area contributed by atoms with Crippen LogP contribution in [0.1, 0.15) is 39.2 Å². The van der Waals surface area contributed by atoms with Crippen LogP contribution in [-0.2, 0) is 0 Å². The molecule has 0 radical (unpaired) electrons. The number of nitrogens with zero attached hydrogens (tertiary/aromatic N) is 2. The first-order valence-corrected chi connectivity index (χ1v) is 4.60. The Balaban J connectivity index is 0.000000671. The Labute approximate surface area is 80.2 Å². The molecule has 0 bridgehead atoms. The molecule has 0 aromatic carbocycles. The van der Waals surface area contributed by atoms with Crippen molar-refractivity contribution in [3.05, 3.63) is 18.0 Å². The summed E-state index contributed by atoms with van der Waals surface area (Å²) in [4.78, 5) is 7.97. The lowest BCUT2D eigenvalue weighted by atomic mass is 10.1. The van der Waals surface area contributed by atoms with Gasteiger partial charge in [0, 0.05) is 12.4 Å². The summed E-state index contributed by atoms with van der Waals surface area (Å²) >= 11 is 0. The van der Waals surface area contributed by atoms with Crippen LogP contribution in [0.25, 0.3) is 0 Å². The van der Waals surface area contributed by atoms with Crippen molar-refractivity contribution in [2.45, 2.75) is 33.6 Å². The molecule has 0 atom stereocenters. The molecule has 1 aromatic rings. The van der Waals surface area contributed by atoms with Gasteiger partial charge in [0.1, 0.15) is 0 Å². The zero-order chi connectivity index (χ0) is 10.3. The minimum Gasteiger partial charge on any atom is -0.467 e. The molecular weight excluding hydrogens is 164 g/mol. The molecule has 13 heavy (non-hydrogen) atoms. The molecule has 0 aliphatic rings. The number of hydrogen-bond donors (Lipinski definition) is 0. The number of ether oxygens (including phenoxy) is 1. The monoisotopic (exact) mass is 182 g/mol. The average Bonchev–Trinajstić information content (AvgIpc) is 2.21. The Morgan fingerprint density at radius 2 is 1.62 bits per heavy atom. The van der Waals surface area contributed by atoms with Crippen LogP contribution in [0.5, 0.6) is 6.01 Å². The SMILES string of the molecule is CC.COc1ncc(C(C)C)cn1. The standard InChI is InChI=1S/C8H12N2O.C2H6/c1-6(2)7-4-9-8(11-3)10-5-7;1-2/h4-6H,1-3H3;1-2H3. The fourth-order valence-electron chi connectivity index (χ4n) is 0.730. The molecule has 0 spiro atoms. The van der Waals surface area contributed by atoms with Crippen molar-refractivity contribution in [2.24, 2.45) is 0 Å². The Hall–Kier alpha value is -1.12. The van der Waals surface area contributed by atoms with Gasteiger partial charge in [-0.05, 0) is 11.5 Å². The number of hydrogen-bond acceptors (Lipinski definition) is 3. The van der Waals surface area contributed by atoms with Gasteiger partial charge in [0.25, 0.3) is 0 Å². The van der Waals surface area contributed by atoms with Gasteiger partial charge in [-0.3, -0.25) is 0 Å². The highest BCUT2D eigenvalue weighted by molar-refractivity contribution is 5.10. The van der Waals surface area contributed by atoms with E-state index in [1.165, 1.54) is 0 Å². The number of rotatable bonds is 2. The molecule has 0 saturated heterocycles. The van der Waals surface area contributed by atoms with Crippen LogP contribution in [0.2, 0.25) is 0 Å². The van der Waals surface area contributed by atoms with Crippen molar-refractivity contribution in [3.63, 3.8) is 0 Å². The van der Waals surface area contributed by atoms with Crippen molar-refractivity contribution in [3.8, 4) is 6.01 Å². The van der Waals surface area contributed by atoms with Gasteiger partial charge in [-0.1, -0.05) is 27.7 Å². The van der Waals surface area contributed by atoms with Crippen LogP contribution >= 0.6 is 0 Å². The number of methoxy groups -OCH3 is 1. The topological polar surface area (TPSA) is 35.0 Å². The maximum atomic E-state index is 4.83. The van der Waals surface area contributed by atoms with Gasteiger partial charge in [-0.25, -0.2) is 9.97 Å². The highest BCUT2D eigenvalue weighted by Crippen LogP contribution is 2.12. The lowest BCUT2D eigenvalue weighted by Crippen LogP contribution is -1.94. The van der Waals surface area contributed by atoms with Crippen molar-refractivity contribution in [1.82, 2.24) is 9.97 Å². The molecule has 0 aliphatic heterocycles. The van der Waals surface area contributed by atoms with E-state index < -0.39 is 0 Å². The largest absolute Gasteiger partial charge is 0.467 e. The van der Waals surface area contributed by atoms with Gasteiger partial charge < -0.3 is 4.74 Å². The summed E-state index contributed by atoms with van der Waals surface area (Å²) in [5.74, 6) is 0.473. The van der Waals surface area contributed by atoms with Gasteiger partial charge in [0.05, 0.1) is 7.11 Å². The Morgan fingerprint density at radius 1 is 1.15 bits per heavy atom. The minimum atomic E-state index is 0.425. The molecule has 3 heteroatoms. The van der Waals surface area contributed by atoms with Gasteiger partial charge in [-0.15, -0.1) is 0 Å². The predicted octanol–water partition coefficient (Wildman–Crippen LogP) is 2.63. The van der Waals surface area contributed by atoms with Crippen molar-refractivity contribution in [2.75, 3.05) is 7.11 Å². The molecule has 1 rings (SSSR count). The van der Waals surface area contributed by atoms with E-state index in [1.54, 1.807) is 19.5 Å². The quantitative estimate of drug-likeness (QED) is 0.705. The molecule has 1 aromatic heterocycles. The third-order valence-electron chi connectivity index (χ3n) is 1.50. The van der Waals surface area contributed by atoms with Gasteiger partial charge in [-0.2, -0.15) is 0 Å². The molecule has 0 amide bonds. The van der Waals surface area contributed by atoms with E-state index in [-0.39, 0.29) is 0 Å². The highest BCUT2D eigenvalue weighted by Gasteiger charge is 1.99. The molecule has 0 saturated carbocycles. The first kappa shape index (κ1) is 11.9. The number of aromatic nitrogens is 2. The van der Waals surface area contributed by atoms with Gasteiger partial charge in [0.15, 0.2) is 0 Å². The van der Waals surface area contributed by atoms with E-state index in [0.717, 1.165) is 5.56 Å². The smallest absolute Gasteiger partial charge is 0.316 e. The molecule has 0 unspecified atom stereocenters. The normalized spacial score (nSPS) is 9.08. The third-order valence-corrected chi connectivity index (χ3v) is 1.50. The second kappa shape index (κ2) is 6.40. The van der Waals surface area contributed by atoms with Crippen LogP contribution < -0.4 is 4.74 Å². The molecule has 1 heterocycles. The molecule has 0 N–H and O–H groups in total. The Morgan fingerprint density at radius 3 is 1.92 bits per heavy atom. The van der Waals surface area contributed by atoms with Crippen molar-refractivity contribution >= 4 is 0 Å². The van der Waals surface area contributed by atoms with E-state index in [9.17, 15) is 0 Å². The van der Waals surface area contributed by atoms with E-state index in [0.29, 0.717) is 11.9 Å². The predicted molar refractivity (Wildman–Crippen MR) is 54.0 cm³/mol. The van der Waals surface area contributed by atoms with E-state index in [4.69, 9.17) is 4.74 Å². The van der Waals surface area contributed by atoms with Crippen molar-refractivity contribution in [1.29, 1.82) is 0 Å². The van der Waals surface area contributed by atoms with E-state index >= 15 is 0 Å². The Kier molecular flexibility index (Phi) is 5.85. The fourth-order valence-corrected chi connectivity index (χ4v) is 0.730. The molecule has 0 aliphatic carbocycles.